The Morgan fingerprint density at radius 1 is 1.07 bits per heavy atom. The van der Waals surface area contributed by atoms with E-state index in [1.165, 1.54) is 70.8 Å². The lowest BCUT2D eigenvalue weighted by Crippen LogP contribution is -2.47. The second-order valence-corrected chi connectivity index (χ2v) is 11.6. The molecule has 1 aliphatic rings. The van der Waals surface area contributed by atoms with Crippen LogP contribution in [0.5, 0.6) is 0 Å². The van der Waals surface area contributed by atoms with Crippen molar-refractivity contribution in [2.24, 2.45) is 23.3 Å². The van der Waals surface area contributed by atoms with Gasteiger partial charge in [-0.15, -0.1) is 32.1 Å². The molecule has 0 radical (unpaired) electrons. The number of nitrogens with zero attached hydrogens (tertiary/aromatic N) is 1. The predicted octanol–water partition coefficient (Wildman–Crippen LogP) is 8.94. The molecule has 1 saturated carbocycles. The highest BCUT2D eigenvalue weighted by Crippen LogP contribution is 2.29. The molecular weight excluding hydrogens is 506 g/mol. The zero-order chi connectivity index (χ0) is 31.2. The van der Waals surface area contributed by atoms with Crippen LogP contribution in [0.4, 0.5) is 0 Å². The Kier molecular flexibility index (Phi) is 34.0. The number of nitrogens with two attached hydrogens (primary N) is 2. The molecule has 0 aliphatic heterocycles. The molecule has 0 spiro atoms. The van der Waals surface area contributed by atoms with Crippen LogP contribution >= 0.6 is 12.6 Å². The van der Waals surface area contributed by atoms with Crippen molar-refractivity contribution in [3.05, 3.63) is 48.9 Å². The molecule has 230 valence electrons. The van der Waals surface area contributed by atoms with Crippen molar-refractivity contribution in [1.29, 1.82) is 0 Å². The maximum Gasteiger partial charge on any atom is 0.0215 e. The normalized spacial score (nSPS) is 18.2. The van der Waals surface area contributed by atoms with Crippen LogP contribution in [0.1, 0.15) is 112 Å². The fourth-order valence-corrected chi connectivity index (χ4v) is 4.59. The van der Waals surface area contributed by atoms with Gasteiger partial charge in [0.2, 0.25) is 0 Å². The summed E-state index contributed by atoms with van der Waals surface area (Å²) in [4.78, 5) is 3.76. The van der Waals surface area contributed by atoms with Gasteiger partial charge in [0.15, 0.2) is 0 Å². The Morgan fingerprint density at radius 3 is 2.12 bits per heavy atom. The van der Waals surface area contributed by atoms with Gasteiger partial charge >= 0.3 is 0 Å². The first kappa shape index (κ1) is 42.8. The van der Waals surface area contributed by atoms with Gasteiger partial charge in [-0.1, -0.05) is 83.8 Å². The number of unbranched alkanes of at least 4 members (excludes halogenated alkanes) is 2. The third kappa shape index (κ3) is 27.9. The highest BCUT2D eigenvalue weighted by molar-refractivity contribution is 7.84. The summed E-state index contributed by atoms with van der Waals surface area (Å²) < 4.78 is 0. The highest BCUT2D eigenvalue weighted by atomic mass is 32.1. The smallest absolute Gasteiger partial charge is 0.0215 e. The highest BCUT2D eigenvalue weighted by Gasteiger charge is 2.29. The van der Waals surface area contributed by atoms with E-state index in [9.17, 15) is 0 Å². The zero-order valence-corrected chi connectivity index (χ0v) is 27.8. The molecule has 3 atom stereocenters. The number of hydrogen-bond acceptors (Lipinski definition) is 4. The Balaban J connectivity index is -0.000000876. The molecule has 0 heterocycles. The number of rotatable bonds is 15. The number of thiol groups is 1. The molecule has 0 aromatic rings. The largest absolute Gasteiger partial charge is 0.330 e. The van der Waals surface area contributed by atoms with Crippen LogP contribution in [0.25, 0.3) is 0 Å². The van der Waals surface area contributed by atoms with Gasteiger partial charge in [-0.2, -0.15) is 0 Å². The van der Waals surface area contributed by atoms with Crippen molar-refractivity contribution in [3.63, 3.8) is 0 Å². The maximum absolute atomic E-state index is 6.19. The van der Waals surface area contributed by atoms with Gasteiger partial charge in [0.1, 0.15) is 0 Å². The van der Waals surface area contributed by atoms with Crippen molar-refractivity contribution < 1.29 is 0 Å². The zero-order valence-electron chi connectivity index (χ0n) is 26.9. The topological polar surface area (TPSA) is 55.3 Å². The van der Waals surface area contributed by atoms with E-state index in [2.05, 4.69) is 108 Å². The summed E-state index contributed by atoms with van der Waals surface area (Å²) >= 11 is 3.77. The van der Waals surface area contributed by atoms with Gasteiger partial charge in [-0.25, -0.2) is 0 Å². The summed E-state index contributed by atoms with van der Waals surface area (Å²) in [6, 6.07) is 1.88. The lowest BCUT2D eigenvalue weighted by atomic mass is 9.87. The van der Waals surface area contributed by atoms with Gasteiger partial charge in [0, 0.05) is 31.1 Å². The summed E-state index contributed by atoms with van der Waals surface area (Å²) in [6.45, 7) is 23.8. The Labute approximate surface area is 256 Å². The first-order valence-electron chi connectivity index (χ1n) is 15.4. The number of allylic oxidation sites excluding steroid dienone is 5. The lowest BCUT2D eigenvalue weighted by Gasteiger charge is -2.42. The third-order valence-corrected chi connectivity index (χ3v) is 6.92. The molecule has 3 unspecified atom stereocenters. The molecule has 1 rings (SSSR count). The summed E-state index contributed by atoms with van der Waals surface area (Å²) in [5, 5.41) is 0. The van der Waals surface area contributed by atoms with Crippen LogP contribution in [-0.2, 0) is 0 Å². The van der Waals surface area contributed by atoms with E-state index in [0.29, 0.717) is 30.5 Å². The van der Waals surface area contributed by atoms with Gasteiger partial charge in [-0.3, -0.25) is 4.90 Å². The minimum atomic E-state index is 0.436. The van der Waals surface area contributed by atoms with Crippen molar-refractivity contribution in [2.75, 3.05) is 13.1 Å². The minimum absolute atomic E-state index is 0.436. The molecule has 40 heavy (non-hydrogen) atoms. The molecule has 1 aliphatic carbocycles. The molecule has 1 fully saturated rings. The standard InChI is InChI=1S/C25H48N2.C6H9N.C3H6S.C2H2/c1-6-9-11-12-25(20-22(5)14-13-21(4)8-3)27(19-10-7-2)24-17-15-23(26)16-18-24;1-2-3-4-5-6-7;1-3(2)4;1-2/h6,13-14,21-25H,1,7-12,15-20,26H2,2-5H3;2H,1,5-7H2;4H,1H2,2H3;1-2H/b14-13-;;;. The first-order valence-corrected chi connectivity index (χ1v) is 15.9. The van der Waals surface area contributed by atoms with Gasteiger partial charge in [-0.05, 0) is 94.1 Å². The molecular formula is C36H65N3S. The van der Waals surface area contributed by atoms with Crippen molar-refractivity contribution in [3.8, 4) is 24.7 Å². The monoisotopic (exact) mass is 571 g/mol. The summed E-state index contributed by atoms with van der Waals surface area (Å²) in [6.07, 6.45) is 31.2. The number of hydrogen-bond donors (Lipinski definition) is 3. The average Bonchev–Trinajstić information content (AvgIpc) is 2.94. The summed E-state index contributed by atoms with van der Waals surface area (Å²) in [5.74, 6) is 6.83. The Bertz CT molecular complexity index is 703. The van der Waals surface area contributed by atoms with E-state index in [0.717, 1.165) is 23.8 Å². The molecule has 0 aromatic carbocycles. The van der Waals surface area contributed by atoms with E-state index >= 15 is 0 Å². The van der Waals surface area contributed by atoms with E-state index < -0.39 is 0 Å². The molecule has 4 heteroatoms. The van der Waals surface area contributed by atoms with Crippen LogP contribution < -0.4 is 11.5 Å². The minimum Gasteiger partial charge on any atom is -0.330 e. The Hall–Kier alpha value is -1.69. The molecule has 0 bridgehead atoms. The van der Waals surface area contributed by atoms with Crippen LogP contribution in [0.2, 0.25) is 0 Å². The SMILES string of the molecule is C#C.C=C(C)S.C=CC#CCCN.C=CCCCC(CC(C)/C=C\C(C)CC)N(CCCC)C1CCC(N)CC1. The molecule has 0 saturated heterocycles. The maximum atomic E-state index is 6.19. The van der Waals surface area contributed by atoms with Crippen LogP contribution in [-0.4, -0.2) is 36.1 Å². The van der Waals surface area contributed by atoms with Gasteiger partial charge in [0.05, 0.1) is 0 Å². The summed E-state index contributed by atoms with van der Waals surface area (Å²) in [7, 11) is 0. The van der Waals surface area contributed by atoms with E-state index in [4.69, 9.17) is 11.5 Å². The number of terminal acetylenes is 1. The van der Waals surface area contributed by atoms with Crippen LogP contribution in [0.3, 0.4) is 0 Å². The molecule has 4 N–H and O–H groups in total. The van der Waals surface area contributed by atoms with Gasteiger partial charge < -0.3 is 11.5 Å². The molecule has 0 amide bonds. The van der Waals surface area contributed by atoms with Crippen LogP contribution in [0, 0.1) is 36.5 Å². The Morgan fingerprint density at radius 2 is 1.65 bits per heavy atom. The second kappa shape index (κ2) is 31.8. The van der Waals surface area contributed by atoms with E-state index in [-0.39, 0.29) is 0 Å². The predicted molar refractivity (Wildman–Crippen MR) is 187 cm³/mol. The van der Waals surface area contributed by atoms with Crippen molar-refractivity contribution in [2.45, 2.75) is 130 Å². The third-order valence-electron chi connectivity index (χ3n) is 6.92. The van der Waals surface area contributed by atoms with E-state index in [1.54, 1.807) is 6.08 Å². The molecule has 0 aromatic heterocycles. The molecule has 3 nitrogen and oxygen atoms in total. The second-order valence-electron chi connectivity index (χ2n) is 10.8. The fraction of sp³-hybridized carbons (Fsp3) is 0.667. The quantitative estimate of drug-likeness (QED) is 0.0796. The summed E-state index contributed by atoms with van der Waals surface area (Å²) in [5.41, 5.74) is 11.3. The average molecular weight is 572 g/mol. The fourth-order valence-electron chi connectivity index (χ4n) is 4.59. The lowest BCUT2D eigenvalue weighted by molar-refractivity contribution is 0.0813. The van der Waals surface area contributed by atoms with Crippen molar-refractivity contribution in [1.82, 2.24) is 4.90 Å². The van der Waals surface area contributed by atoms with Crippen molar-refractivity contribution >= 4 is 12.6 Å². The van der Waals surface area contributed by atoms with Crippen LogP contribution in [0.15, 0.2) is 48.9 Å². The van der Waals surface area contributed by atoms with E-state index in [1.807, 2.05) is 6.92 Å². The first-order chi connectivity index (χ1) is 19.2. The van der Waals surface area contributed by atoms with Gasteiger partial charge in [0.25, 0.3) is 0 Å².